The van der Waals surface area contributed by atoms with Crippen LogP contribution in [-0.2, 0) is 0 Å². The average molecular weight is 201 g/mol. The average Bonchev–Trinajstić information content (AvgIpc) is 2.40. The SMILES string of the molecule is C[B]C1(C)CCCCC2C=CC(C)=CC21. The Labute approximate surface area is 95.1 Å². The summed E-state index contributed by atoms with van der Waals surface area (Å²) in [5.41, 5.74) is 1.45. The van der Waals surface area contributed by atoms with Crippen LogP contribution in [0.15, 0.2) is 23.8 Å². The Balaban J connectivity index is 2.29. The standard InChI is InChI=1S/C14H22B/c1-11-7-8-12-6-4-5-9-14(2,15-3)13(12)10-11/h7-8,10,12-13H,4-6,9H2,1-3H3. The molecular weight excluding hydrogens is 179 g/mol. The summed E-state index contributed by atoms with van der Waals surface area (Å²) in [5, 5.41) is 0.424. The van der Waals surface area contributed by atoms with Crippen LogP contribution in [0.3, 0.4) is 0 Å². The molecule has 0 bridgehead atoms. The first-order chi connectivity index (χ1) is 7.15. The molecule has 0 heterocycles. The number of allylic oxidation sites excluding steroid dienone is 4. The highest BCUT2D eigenvalue weighted by atomic mass is 14.4. The first-order valence-electron chi connectivity index (χ1n) is 6.33. The van der Waals surface area contributed by atoms with Gasteiger partial charge in [0.05, 0.1) is 0 Å². The number of rotatable bonds is 1. The van der Waals surface area contributed by atoms with E-state index in [-0.39, 0.29) is 0 Å². The van der Waals surface area contributed by atoms with Crippen molar-refractivity contribution in [2.24, 2.45) is 11.8 Å². The molecule has 0 aliphatic heterocycles. The zero-order valence-electron chi connectivity index (χ0n) is 10.3. The first-order valence-corrected chi connectivity index (χ1v) is 6.33. The van der Waals surface area contributed by atoms with Gasteiger partial charge in [0.2, 0.25) is 0 Å². The molecule has 81 valence electrons. The molecule has 0 nitrogen and oxygen atoms in total. The van der Waals surface area contributed by atoms with Crippen LogP contribution in [-0.4, -0.2) is 7.28 Å². The van der Waals surface area contributed by atoms with Gasteiger partial charge in [-0.05, 0) is 25.2 Å². The summed E-state index contributed by atoms with van der Waals surface area (Å²) in [6.07, 6.45) is 12.8. The Morgan fingerprint density at radius 3 is 2.93 bits per heavy atom. The molecule has 0 saturated heterocycles. The van der Waals surface area contributed by atoms with E-state index in [1.54, 1.807) is 0 Å². The molecule has 2 aliphatic rings. The monoisotopic (exact) mass is 201 g/mol. The maximum atomic E-state index is 2.51. The van der Waals surface area contributed by atoms with Gasteiger partial charge >= 0.3 is 0 Å². The molecule has 0 aromatic rings. The van der Waals surface area contributed by atoms with Gasteiger partial charge in [-0.2, -0.15) is 0 Å². The smallest absolute Gasteiger partial charge is 0.0914 e. The van der Waals surface area contributed by atoms with Crippen LogP contribution in [0.1, 0.15) is 39.5 Å². The van der Waals surface area contributed by atoms with Gasteiger partial charge < -0.3 is 0 Å². The van der Waals surface area contributed by atoms with Crippen molar-refractivity contribution < 1.29 is 0 Å². The lowest BCUT2D eigenvalue weighted by atomic mass is 9.46. The fraction of sp³-hybridized carbons (Fsp3) is 0.714. The third-order valence-electron chi connectivity index (χ3n) is 4.43. The minimum Gasteiger partial charge on any atom is -0.0914 e. The second kappa shape index (κ2) is 4.19. The van der Waals surface area contributed by atoms with Crippen LogP contribution in [0, 0.1) is 11.8 Å². The molecule has 3 atom stereocenters. The molecule has 1 saturated carbocycles. The van der Waals surface area contributed by atoms with E-state index < -0.39 is 0 Å². The van der Waals surface area contributed by atoms with Gasteiger partial charge in [0.15, 0.2) is 0 Å². The fourth-order valence-electron chi connectivity index (χ4n) is 3.20. The number of hydrogen-bond donors (Lipinski definition) is 0. The molecule has 1 fully saturated rings. The van der Waals surface area contributed by atoms with Gasteiger partial charge in [0.25, 0.3) is 0 Å². The molecule has 1 radical (unpaired) electrons. The Morgan fingerprint density at radius 2 is 2.20 bits per heavy atom. The molecular formula is C14H22B. The summed E-state index contributed by atoms with van der Waals surface area (Å²) >= 11 is 0. The van der Waals surface area contributed by atoms with E-state index in [1.807, 2.05) is 0 Å². The molecule has 0 aromatic carbocycles. The second-order valence-electron chi connectivity index (χ2n) is 5.50. The van der Waals surface area contributed by atoms with E-state index in [2.05, 4.69) is 46.2 Å². The Kier molecular flexibility index (Phi) is 3.09. The molecule has 0 spiro atoms. The molecule has 15 heavy (non-hydrogen) atoms. The molecule has 1 heteroatoms. The van der Waals surface area contributed by atoms with Crippen LogP contribution in [0.25, 0.3) is 0 Å². The van der Waals surface area contributed by atoms with Crippen LogP contribution >= 0.6 is 0 Å². The van der Waals surface area contributed by atoms with E-state index in [9.17, 15) is 0 Å². The van der Waals surface area contributed by atoms with E-state index >= 15 is 0 Å². The lowest BCUT2D eigenvalue weighted by molar-refractivity contribution is 0.356. The van der Waals surface area contributed by atoms with Crippen molar-refractivity contribution in [2.45, 2.75) is 51.7 Å². The van der Waals surface area contributed by atoms with Crippen LogP contribution in [0.5, 0.6) is 0 Å². The van der Waals surface area contributed by atoms with E-state index in [1.165, 1.54) is 31.3 Å². The van der Waals surface area contributed by atoms with Crippen molar-refractivity contribution in [1.29, 1.82) is 0 Å². The first kappa shape index (κ1) is 11.0. The number of hydrogen-bond acceptors (Lipinski definition) is 0. The minimum atomic E-state index is 0.424. The van der Waals surface area contributed by atoms with Crippen molar-refractivity contribution in [2.75, 3.05) is 0 Å². The van der Waals surface area contributed by atoms with E-state index in [4.69, 9.17) is 0 Å². The van der Waals surface area contributed by atoms with Crippen molar-refractivity contribution in [3.8, 4) is 0 Å². The molecule has 0 amide bonds. The summed E-state index contributed by atoms with van der Waals surface area (Å²) in [4.78, 5) is 0. The van der Waals surface area contributed by atoms with Crippen molar-refractivity contribution in [3.63, 3.8) is 0 Å². The van der Waals surface area contributed by atoms with Gasteiger partial charge in [0.1, 0.15) is 7.28 Å². The van der Waals surface area contributed by atoms with Crippen LogP contribution in [0.4, 0.5) is 0 Å². The quantitative estimate of drug-likeness (QED) is 0.556. The van der Waals surface area contributed by atoms with E-state index in [0.29, 0.717) is 5.31 Å². The maximum Gasteiger partial charge on any atom is 0.114 e. The molecule has 0 aromatic heterocycles. The zero-order chi connectivity index (χ0) is 10.9. The fourth-order valence-corrected chi connectivity index (χ4v) is 3.20. The van der Waals surface area contributed by atoms with Gasteiger partial charge in [-0.1, -0.05) is 62.1 Å². The lowest BCUT2D eigenvalue weighted by Gasteiger charge is -2.39. The third-order valence-corrected chi connectivity index (χ3v) is 4.43. The third kappa shape index (κ3) is 2.07. The van der Waals surface area contributed by atoms with Crippen LogP contribution in [0.2, 0.25) is 12.1 Å². The summed E-state index contributed by atoms with van der Waals surface area (Å²) in [6.45, 7) is 6.91. The number of fused-ring (bicyclic) bond motifs is 1. The van der Waals surface area contributed by atoms with Gasteiger partial charge in [-0.3, -0.25) is 0 Å². The highest BCUT2D eigenvalue weighted by Crippen LogP contribution is 2.50. The van der Waals surface area contributed by atoms with Gasteiger partial charge in [-0.15, -0.1) is 0 Å². The lowest BCUT2D eigenvalue weighted by Crippen LogP contribution is -2.29. The Bertz CT molecular complexity index is 290. The van der Waals surface area contributed by atoms with Crippen LogP contribution < -0.4 is 0 Å². The Hall–Kier alpha value is -0.455. The Morgan fingerprint density at radius 1 is 1.40 bits per heavy atom. The normalized spacial score (nSPS) is 40.3. The molecule has 3 unspecified atom stereocenters. The topological polar surface area (TPSA) is 0 Å². The largest absolute Gasteiger partial charge is 0.114 e. The van der Waals surface area contributed by atoms with Crippen molar-refractivity contribution in [3.05, 3.63) is 23.8 Å². The summed E-state index contributed by atoms with van der Waals surface area (Å²) in [7, 11) is 2.44. The summed E-state index contributed by atoms with van der Waals surface area (Å²) in [5.74, 6) is 1.53. The summed E-state index contributed by atoms with van der Waals surface area (Å²) in [6, 6.07) is 0. The highest BCUT2D eigenvalue weighted by Gasteiger charge is 2.37. The predicted molar refractivity (Wildman–Crippen MR) is 68.3 cm³/mol. The van der Waals surface area contributed by atoms with Gasteiger partial charge in [0, 0.05) is 0 Å². The molecule has 0 N–H and O–H groups in total. The summed E-state index contributed by atoms with van der Waals surface area (Å²) < 4.78 is 0. The van der Waals surface area contributed by atoms with Crippen molar-refractivity contribution >= 4 is 7.28 Å². The molecule has 2 aliphatic carbocycles. The second-order valence-corrected chi connectivity index (χ2v) is 5.50. The maximum absolute atomic E-state index is 2.51. The predicted octanol–water partition coefficient (Wildman–Crippen LogP) is 4.24. The minimum absolute atomic E-state index is 0.424. The highest BCUT2D eigenvalue weighted by molar-refractivity contribution is 6.38. The molecule has 2 rings (SSSR count). The zero-order valence-corrected chi connectivity index (χ0v) is 10.3. The van der Waals surface area contributed by atoms with Gasteiger partial charge in [-0.25, -0.2) is 0 Å². The van der Waals surface area contributed by atoms with E-state index in [0.717, 1.165) is 11.8 Å². The van der Waals surface area contributed by atoms with Crippen molar-refractivity contribution in [1.82, 2.24) is 0 Å².